The van der Waals surface area contributed by atoms with E-state index in [9.17, 15) is 31.1 Å². The molecular weight excluding hydrogens is 604 g/mol. The Hall–Kier alpha value is -3.73. The summed E-state index contributed by atoms with van der Waals surface area (Å²) in [5.41, 5.74) is 1.10. The normalized spacial score (nSPS) is 21.1. The largest absolute Gasteiger partial charge is 0.490 e. The average molecular weight is 638 g/mol. The molecule has 17 heteroatoms. The number of nitrogens with zero attached hydrogens (tertiary/aromatic N) is 5. The molecule has 1 aromatic heterocycles. The maximum Gasteiger partial charge on any atom is 0.490 e. The van der Waals surface area contributed by atoms with Crippen LogP contribution in [0.25, 0.3) is 10.9 Å². The Labute approximate surface area is 248 Å². The van der Waals surface area contributed by atoms with Crippen LogP contribution in [0.15, 0.2) is 30.6 Å². The van der Waals surface area contributed by atoms with Gasteiger partial charge in [-0.05, 0) is 44.2 Å². The number of aromatic nitrogens is 2. The topological polar surface area (TPSA) is 136 Å². The van der Waals surface area contributed by atoms with Gasteiger partial charge in [0.15, 0.2) is 0 Å². The van der Waals surface area contributed by atoms with Gasteiger partial charge in [-0.2, -0.15) is 26.3 Å². The Morgan fingerprint density at radius 3 is 1.98 bits per heavy atom. The van der Waals surface area contributed by atoms with E-state index in [1.54, 1.807) is 6.33 Å². The quantitative estimate of drug-likeness (QED) is 0.481. The zero-order chi connectivity index (χ0) is 32.5. The number of hydrogen-bond donors (Lipinski definition) is 2. The van der Waals surface area contributed by atoms with Gasteiger partial charge in [-0.3, -0.25) is 9.69 Å². The van der Waals surface area contributed by atoms with Gasteiger partial charge in [0.2, 0.25) is 5.91 Å². The zero-order valence-electron chi connectivity index (χ0n) is 23.6. The summed E-state index contributed by atoms with van der Waals surface area (Å²) in [5.74, 6) is -4.18. The molecule has 0 aliphatic carbocycles. The van der Waals surface area contributed by atoms with Crippen molar-refractivity contribution in [3.8, 4) is 0 Å². The number of carbonyl (C=O) groups excluding carboxylic acids is 1. The molecule has 3 aliphatic rings. The molecule has 3 fully saturated rings. The minimum Gasteiger partial charge on any atom is -0.475 e. The average Bonchev–Trinajstić information content (AvgIpc) is 3.24. The molecule has 2 aromatic rings. The summed E-state index contributed by atoms with van der Waals surface area (Å²) in [4.78, 5) is 46.8. The van der Waals surface area contributed by atoms with Crippen LogP contribution in [0, 0.1) is 0 Å². The minimum absolute atomic E-state index is 0.102. The van der Waals surface area contributed by atoms with Gasteiger partial charge in [0.05, 0.1) is 25.3 Å². The lowest BCUT2D eigenvalue weighted by molar-refractivity contribution is -0.193. The summed E-state index contributed by atoms with van der Waals surface area (Å²) >= 11 is 0. The van der Waals surface area contributed by atoms with Crippen molar-refractivity contribution < 1.29 is 55.7 Å². The highest BCUT2D eigenvalue weighted by atomic mass is 19.4. The van der Waals surface area contributed by atoms with Crippen molar-refractivity contribution in [2.24, 2.45) is 0 Å². The van der Waals surface area contributed by atoms with Crippen LogP contribution in [0.5, 0.6) is 0 Å². The number of morpholine rings is 1. The van der Waals surface area contributed by atoms with E-state index < -0.39 is 24.3 Å². The highest BCUT2D eigenvalue weighted by Crippen LogP contribution is 2.42. The number of alkyl halides is 6. The Balaban J connectivity index is 0.000000317. The molecular formula is C27H33F6N5O6. The first-order valence-corrected chi connectivity index (χ1v) is 13.8. The first-order chi connectivity index (χ1) is 20.6. The van der Waals surface area contributed by atoms with E-state index in [4.69, 9.17) is 29.5 Å². The molecule has 1 aromatic carbocycles. The van der Waals surface area contributed by atoms with E-state index in [-0.39, 0.29) is 11.4 Å². The number of rotatable bonds is 3. The number of benzene rings is 1. The summed E-state index contributed by atoms with van der Waals surface area (Å²) in [6.45, 7) is 6.44. The second kappa shape index (κ2) is 14.8. The molecule has 3 saturated heterocycles. The summed E-state index contributed by atoms with van der Waals surface area (Å²) in [7, 11) is 0. The first-order valence-electron chi connectivity index (χ1n) is 13.8. The molecule has 244 valence electrons. The van der Waals surface area contributed by atoms with E-state index in [1.807, 2.05) is 6.07 Å². The Kier molecular flexibility index (Phi) is 11.7. The standard InChI is InChI=1S/C23H31N5O2.2C2HF3O2/c29-21(17-26-13-15-30-16-14-26)27-10-3-7-23(9-12-27)8-4-11-28(23)22-19-5-1-2-6-20(19)24-18-25-22;2*3-2(4,5)1(6)7/h1-2,5-6,18H,3-4,7-17H2;2*(H,6,7). The second-order valence-electron chi connectivity index (χ2n) is 10.4. The molecule has 0 radical (unpaired) electrons. The molecule has 1 unspecified atom stereocenters. The van der Waals surface area contributed by atoms with Crippen LogP contribution < -0.4 is 4.90 Å². The van der Waals surface area contributed by atoms with Crippen molar-refractivity contribution in [3.05, 3.63) is 30.6 Å². The van der Waals surface area contributed by atoms with Gasteiger partial charge < -0.3 is 24.7 Å². The monoisotopic (exact) mass is 637 g/mol. The zero-order valence-corrected chi connectivity index (χ0v) is 23.6. The maximum atomic E-state index is 13.0. The fraction of sp³-hybridized carbons (Fsp3) is 0.593. The van der Waals surface area contributed by atoms with E-state index in [1.165, 1.54) is 12.8 Å². The summed E-state index contributed by atoms with van der Waals surface area (Å²) in [6, 6.07) is 8.29. The van der Waals surface area contributed by atoms with Crippen molar-refractivity contribution in [2.45, 2.75) is 50.0 Å². The summed E-state index contributed by atoms with van der Waals surface area (Å²) in [5, 5.41) is 15.4. The van der Waals surface area contributed by atoms with Crippen LogP contribution in [-0.2, 0) is 19.1 Å². The van der Waals surface area contributed by atoms with Crippen LogP contribution in [0.3, 0.4) is 0 Å². The van der Waals surface area contributed by atoms with Gasteiger partial charge in [-0.15, -0.1) is 0 Å². The number of halogens is 6. The second-order valence-corrected chi connectivity index (χ2v) is 10.4. The van der Waals surface area contributed by atoms with Crippen molar-refractivity contribution in [1.29, 1.82) is 0 Å². The summed E-state index contributed by atoms with van der Waals surface area (Å²) in [6.07, 6.45) is -2.93. The Morgan fingerprint density at radius 2 is 1.39 bits per heavy atom. The van der Waals surface area contributed by atoms with E-state index in [0.29, 0.717) is 6.54 Å². The van der Waals surface area contributed by atoms with Crippen molar-refractivity contribution in [2.75, 3.05) is 57.4 Å². The molecule has 3 aliphatic heterocycles. The van der Waals surface area contributed by atoms with E-state index >= 15 is 0 Å². The van der Waals surface area contributed by atoms with Gasteiger partial charge in [-0.25, -0.2) is 19.6 Å². The Morgan fingerprint density at radius 1 is 0.818 bits per heavy atom. The van der Waals surface area contributed by atoms with E-state index in [2.05, 4.69) is 37.9 Å². The summed E-state index contributed by atoms with van der Waals surface area (Å²) < 4.78 is 68.9. The molecule has 5 rings (SSSR count). The molecule has 1 amide bonds. The lowest BCUT2D eigenvalue weighted by Gasteiger charge is -2.39. The molecule has 11 nitrogen and oxygen atoms in total. The van der Waals surface area contributed by atoms with Crippen molar-refractivity contribution in [1.82, 2.24) is 19.8 Å². The number of ether oxygens (including phenoxy) is 1. The van der Waals surface area contributed by atoms with Gasteiger partial charge in [0.1, 0.15) is 12.1 Å². The van der Waals surface area contributed by atoms with Gasteiger partial charge >= 0.3 is 24.3 Å². The number of carbonyl (C=O) groups is 3. The third-order valence-corrected chi connectivity index (χ3v) is 7.59. The SMILES string of the molecule is O=C(CN1CCOCC1)N1CCCC2(CCCN2c2ncnc3ccccc23)CC1.O=C(O)C(F)(F)F.O=C(O)C(F)(F)F. The molecule has 2 N–H and O–H groups in total. The van der Waals surface area contributed by atoms with Crippen molar-refractivity contribution in [3.63, 3.8) is 0 Å². The van der Waals surface area contributed by atoms with Crippen LogP contribution >= 0.6 is 0 Å². The number of anilines is 1. The van der Waals surface area contributed by atoms with Crippen LogP contribution in [-0.4, -0.2) is 118 Å². The van der Waals surface area contributed by atoms with Crippen molar-refractivity contribution >= 4 is 34.6 Å². The molecule has 44 heavy (non-hydrogen) atoms. The lowest BCUT2D eigenvalue weighted by Crippen LogP contribution is -2.47. The van der Waals surface area contributed by atoms with E-state index in [0.717, 1.165) is 81.9 Å². The number of carboxylic acids is 2. The molecule has 0 bridgehead atoms. The lowest BCUT2D eigenvalue weighted by atomic mass is 9.87. The van der Waals surface area contributed by atoms with Crippen LogP contribution in [0.4, 0.5) is 32.2 Å². The van der Waals surface area contributed by atoms with Gasteiger partial charge in [0, 0.05) is 43.6 Å². The number of amides is 1. The first kappa shape index (κ1) is 34.8. The number of para-hydroxylation sites is 1. The number of aliphatic carboxylic acids is 2. The minimum atomic E-state index is -5.08. The smallest absolute Gasteiger partial charge is 0.475 e. The fourth-order valence-electron chi connectivity index (χ4n) is 5.47. The maximum absolute atomic E-state index is 13.0. The highest BCUT2D eigenvalue weighted by molar-refractivity contribution is 5.89. The molecule has 4 heterocycles. The third kappa shape index (κ3) is 9.38. The van der Waals surface area contributed by atoms with Crippen LogP contribution in [0.1, 0.15) is 32.1 Å². The van der Waals surface area contributed by atoms with Gasteiger partial charge in [0.25, 0.3) is 0 Å². The fourth-order valence-corrected chi connectivity index (χ4v) is 5.47. The molecule has 0 saturated carbocycles. The highest BCUT2D eigenvalue weighted by Gasteiger charge is 2.43. The number of likely N-dealkylation sites (tertiary alicyclic amines) is 1. The predicted octanol–water partition coefficient (Wildman–Crippen LogP) is 3.58. The van der Waals surface area contributed by atoms with Crippen LogP contribution in [0.2, 0.25) is 0 Å². The van der Waals surface area contributed by atoms with Gasteiger partial charge in [-0.1, -0.05) is 12.1 Å². The Bertz CT molecular complexity index is 1260. The third-order valence-electron chi connectivity index (χ3n) is 7.59. The number of carboxylic acid groups (broad SMARTS) is 2. The number of fused-ring (bicyclic) bond motifs is 1. The molecule has 1 atom stereocenters. The number of hydrogen-bond acceptors (Lipinski definition) is 8. The predicted molar refractivity (Wildman–Crippen MR) is 144 cm³/mol. The molecule has 1 spiro atoms.